The third-order valence-electron chi connectivity index (χ3n) is 3.56. The molecule has 1 heterocycles. The maximum atomic E-state index is 12.4. The van der Waals surface area contributed by atoms with Crippen LogP contribution < -0.4 is 0 Å². The van der Waals surface area contributed by atoms with Gasteiger partial charge in [-0.3, -0.25) is 9.59 Å². The van der Waals surface area contributed by atoms with E-state index in [4.69, 9.17) is 9.84 Å². The molecule has 0 aromatic heterocycles. The molecule has 1 aromatic rings. The summed E-state index contributed by atoms with van der Waals surface area (Å²) in [6.45, 7) is 2.27. The molecule has 1 N–H and O–H groups in total. The summed E-state index contributed by atoms with van der Waals surface area (Å²) in [6, 6.07) is 7.72. The Hall–Kier alpha value is -1.88. The number of benzene rings is 1. The van der Waals surface area contributed by atoms with Crippen molar-refractivity contribution in [1.29, 1.82) is 0 Å². The summed E-state index contributed by atoms with van der Waals surface area (Å²) in [7, 11) is 1.61. The molecular weight excluding hydrogens is 258 g/mol. The minimum atomic E-state index is -0.908. The van der Waals surface area contributed by atoms with Crippen molar-refractivity contribution in [3.63, 3.8) is 0 Å². The van der Waals surface area contributed by atoms with Gasteiger partial charge in [0.2, 0.25) is 0 Å². The van der Waals surface area contributed by atoms with E-state index in [1.165, 1.54) is 4.90 Å². The monoisotopic (exact) mass is 277 g/mol. The van der Waals surface area contributed by atoms with Crippen molar-refractivity contribution in [2.75, 3.05) is 20.2 Å². The fourth-order valence-electron chi connectivity index (χ4n) is 2.38. The van der Waals surface area contributed by atoms with Crippen molar-refractivity contribution in [3.05, 3.63) is 35.4 Å². The minimum absolute atomic E-state index is 0.177. The highest BCUT2D eigenvalue weighted by Gasteiger charge is 2.30. The Balaban J connectivity index is 2.12. The number of hydrogen-bond donors (Lipinski definition) is 1. The Morgan fingerprint density at radius 2 is 2.15 bits per heavy atom. The fraction of sp³-hybridized carbons (Fsp3) is 0.467. The largest absolute Gasteiger partial charge is 0.481 e. The molecule has 0 spiro atoms. The van der Waals surface area contributed by atoms with Crippen LogP contribution in [-0.2, 0) is 20.7 Å². The van der Waals surface area contributed by atoms with Gasteiger partial charge in [-0.05, 0) is 17.5 Å². The topological polar surface area (TPSA) is 66.8 Å². The molecule has 0 saturated heterocycles. The molecule has 20 heavy (non-hydrogen) atoms. The molecule has 0 fully saturated rings. The van der Waals surface area contributed by atoms with Crippen LogP contribution in [0.1, 0.15) is 24.2 Å². The van der Waals surface area contributed by atoms with E-state index >= 15 is 0 Å². The van der Waals surface area contributed by atoms with E-state index in [9.17, 15) is 9.59 Å². The molecular formula is C15H19NO4. The normalized spacial score (nSPS) is 19.0. The lowest BCUT2D eigenvalue weighted by Crippen LogP contribution is -2.39. The molecule has 0 aliphatic carbocycles. The van der Waals surface area contributed by atoms with Crippen molar-refractivity contribution in [2.45, 2.75) is 19.4 Å². The SMILES string of the molecule is C[C@H](CN(C)C(=O)[C@H]1OCCc2ccccc21)C(=O)O. The van der Waals surface area contributed by atoms with Gasteiger partial charge in [-0.1, -0.05) is 31.2 Å². The van der Waals surface area contributed by atoms with Gasteiger partial charge < -0.3 is 14.7 Å². The number of aliphatic carboxylic acids is 1. The Morgan fingerprint density at radius 1 is 1.45 bits per heavy atom. The number of carboxylic acid groups (broad SMARTS) is 1. The number of likely N-dealkylation sites (N-methyl/N-ethyl adjacent to an activating group) is 1. The van der Waals surface area contributed by atoms with Crippen LogP contribution in [-0.4, -0.2) is 42.1 Å². The third kappa shape index (κ3) is 2.99. The zero-order valence-electron chi connectivity index (χ0n) is 11.7. The van der Waals surface area contributed by atoms with Crippen molar-refractivity contribution in [1.82, 2.24) is 4.90 Å². The number of nitrogens with zero attached hydrogens (tertiary/aromatic N) is 1. The number of hydrogen-bond acceptors (Lipinski definition) is 3. The molecule has 0 unspecified atom stereocenters. The van der Waals surface area contributed by atoms with Crippen LogP contribution in [0.25, 0.3) is 0 Å². The molecule has 1 aromatic carbocycles. The summed E-state index contributed by atoms with van der Waals surface area (Å²) in [5.74, 6) is -1.69. The Labute approximate surface area is 118 Å². The number of carboxylic acids is 1. The number of rotatable bonds is 4. The van der Waals surface area contributed by atoms with Crippen LogP contribution in [0.2, 0.25) is 0 Å². The van der Waals surface area contributed by atoms with Gasteiger partial charge >= 0.3 is 5.97 Å². The van der Waals surface area contributed by atoms with E-state index < -0.39 is 18.0 Å². The van der Waals surface area contributed by atoms with E-state index in [0.717, 1.165) is 17.5 Å². The maximum Gasteiger partial charge on any atom is 0.308 e. The van der Waals surface area contributed by atoms with E-state index in [1.54, 1.807) is 14.0 Å². The molecule has 1 amide bonds. The summed E-state index contributed by atoms with van der Waals surface area (Å²) in [6.07, 6.45) is 0.181. The first-order valence-corrected chi connectivity index (χ1v) is 6.68. The van der Waals surface area contributed by atoms with E-state index in [1.807, 2.05) is 24.3 Å². The number of amides is 1. The Bertz CT molecular complexity index is 514. The standard InChI is InChI=1S/C15H19NO4/c1-10(15(18)19)9-16(2)14(17)13-12-6-4-3-5-11(12)7-8-20-13/h3-6,10,13H,7-9H2,1-2H3,(H,18,19)/t10-,13+/m1/s1. The summed E-state index contributed by atoms with van der Waals surface area (Å²) < 4.78 is 5.59. The quantitative estimate of drug-likeness (QED) is 0.905. The van der Waals surface area contributed by atoms with Crippen molar-refractivity contribution >= 4 is 11.9 Å². The first-order valence-electron chi connectivity index (χ1n) is 6.68. The number of carbonyl (C=O) groups excluding carboxylic acids is 1. The van der Waals surface area contributed by atoms with Crippen LogP contribution in [0.15, 0.2) is 24.3 Å². The number of ether oxygens (including phenoxy) is 1. The van der Waals surface area contributed by atoms with E-state index in [2.05, 4.69) is 0 Å². The molecule has 5 nitrogen and oxygen atoms in total. The van der Waals surface area contributed by atoms with Gasteiger partial charge in [0, 0.05) is 13.6 Å². The maximum absolute atomic E-state index is 12.4. The lowest BCUT2D eigenvalue weighted by Gasteiger charge is -2.29. The third-order valence-corrected chi connectivity index (χ3v) is 3.56. The summed E-state index contributed by atoms with van der Waals surface area (Å²) in [5.41, 5.74) is 2.01. The second kappa shape index (κ2) is 6.05. The molecule has 1 aliphatic heterocycles. The highest BCUT2D eigenvalue weighted by molar-refractivity contribution is 5.83. The smallest absolute Gasteiger partial charge is 0.308 e. The molecule has 2 atom stereocenters. The zero-order chi connectivity index (χ0) is 14.7. The summed E-state index contributed by atoms with van der Waals surface area (Å²) >= 11 is 0. The second-order valence-corrected chi connectivity index (χ2v) is 5.16. The first-order chi connectivity index (χ1) is 9.50. The average molecular weight is 277 g/mol. The van der Waals surface area contributed by atoms with Crippen molar-refractivity contribution < 1.29 is 19.4 Å². The number of carbonyl (C=O) groups is 2. The zero-order valence-corrected chi connectivity index (χ0v) is 11.7. The number of fused-ring (bicyclic) bond motifs is 1. The molecule has 0 radical (unpaired) electrons. The lowest BCUT2D eigenvalue weighted by atomic mass is 9.96. The molecule has 2 rings (SSSR count). The summed E-state index contributed by atoms with van der Waals surface area (Å²) in [4.78, 5) is 24.7. The van der Waals surface area contributed by atoms with Crippen LogP contribution >= 0.6 is 0 Å². The predicted molar refractivity (Wildman–Crippen MR) is 73.3 cm³/mol. The minimum Gasteiger partial charge on any atom is -0.481 e. The van der Waals surface area contributed by atoms with Gasteiger partial charge in [-0.25, -0.2) is 0 Å². The average Bonchev–Trinajstić information content (AvgIpc) is 2.45. The van der Waals surface area contributed by atoms with Gasteiger partial charge in [-0.15, -0.1) is 0 Å². The van der Waals surface area contributed by atoms with Crippen molar-refractivity contribution in [2.24, 2.45) is 5.92 Å². The second-order valence-electron chi connectivity index (χ2n) is 5.16. The summed E-state index contributed by atoms with van der Waals surface area (Å²) in [5, 5.41) is 8.91. The van der Waals surface area contributed by atoms with Gasteiger partial charge in [0.15, 0.2) is 6.10 Å². The van der Waals surface area contributed by atoms with Gasteiger partial charge in [0.25, 0.3) is 5.91 Å². The molecule has 108 valence electrons. The molecule has 0 saturated carbocycles. The van der Waals surface area contributed by atoms with Gasteiger partial charge in [0.1, 0.15) is 0 Å². The first kappa shape index (κ1) is 14.5. The fourth-order valence-corrected chi connectivity index (χ4v) is 2.38. The van der Waals surface area contributed by atoms with Gasteiger partial charge in [0.05, 0.1) is 12.5 Å². The predicted octanol–water partition coefficient (Wildman–Crippen LogP) is 1.48. The highest BCUT2D eigenvalue weighted by atomic mass is 16.5. The van der Waals surface area contributed by atoms with E-state index in [-0.39, 0.29) is 12.5 Å². The molecule has 5 heteroatoms. The Morgan fingerprint density at radius 3 is 2.85 bits per heavy atom. The van der Waals surface area contributed by atoms with E-state index in [0.29, 0.717) is 6.61 Å². The van der Waals surface area contributed by atoms with Gasteiger partial charge in [-0.2, -0.15) is 0 Å². The van der Waals surface area contributed by atoms with Crippen LogP contribution in [0.5, 0.6) is 0 Å². The van der Waals surface area contributed by atoms with Crippen molar-refractivity contribution in [3.8, 4) is 0 Å². The molecule has 0 bridgehead atoms. The highest BCUT2D eigenvalue weighted by Crippen LogP contribution is 2.28. The molecule has 1 aliphatic rings. The van der Waals surface area contributed by atoms with Crippen LogP contribution in [0.4, 0.5) is 0 Å². The van der Waals surface area contributed by atoms with Crippen LogP contribution in [0, 0.1) is 5.92 Å². The lowest BCUT2D eigenvalue weighted by molar-refractivity contribution is -0.147. The Kier molecular flexibility index (Phi) is 4.39. The van der Waals surface area contributed by atoms with Crippen LogP contribution in [0.3, 0.4) is 0 Å².